The summed E-state index contributed by atoms with van der Waals surface area (Å²) in [5, 5.41) is 0.274. The number of rotatable bonds is 7. The second-order valence-electron chi connectivity index (χ2n) is 9.43. The van der Waals surface area contributed by atoms with Crippen LogP contribution in [0.4, 0.5) is 0 Å². The van der Waals surface area contributed by atoms with Gasteiger partial charge in [-0.2, -0.15) is 0 Å². The van der Waals surface area contributed by atoms with Gasteiger partial charge in [-0.1, -0.05) is 41.5 Å². The van der Waals surface area contributed by atoms with Crippen molar-refractivity contribution < 1.29 is 13.6 Å². The molecular formula is C17H38O3Si2. The Morgan fingerprint density at radius 1 is 0.864 bits per heavy atom. The number of hydrogen-bond acceptors (Lipinski definition) is 3. The summed E-state index contributed by atoms with van der Waals surface area (Å²) in [5.74, 6) is 0.197. The van der Waals surface area contributed by atoms with Gasteiger partial charge in [-0.3, -0.25) is 0 Å². The summed E-state index contributed by atoms with van der Waals surface area (Å²) in [5.41, 5.74) is 0. The smallest absolute Gasteiger partial charge is 0.195 e. The zero-order valence-electron chi connectivity index (χ0n) is 16.7. The van der Waals surface area contributed by atoms with Crippen molar-refractivity contribution in [3.8, 4) is 0 Å². The van der Waals surface area contributed by atoms with Gasteiger partial charge in [-0.05, 0) is 43.2 Å². The largest absolute Gasteiger partial charge is 0.393 e. The highest BCUT2D eigenvalue weighted by atomic mass is 28.4. The van der Waals surface area contributed by atoms with Gasteiger partial charge < -0.3 is 13.6 Å². The first-order valence-electron chi connectivity index (χ1n) is 8.35. The van der Waals surface area contributed by atoms with E-state index in [9.17, 15) is 4.79 Å². The van der Waals surface area contributed by atoms with Crippen LogP contribution < -0.4 is 0 Å². The molecule has 5 heteroatoms. The zero-order valence-corrected chi connectivity index (χ0v) is 18.7. The number of Topliss-reactive ketones (excluding diaryl/α,β-unsaturated/α-hetero) is 1. The van der Waals surface area contributed by atoms with Crippen molar-refractivity contribution in [3.63, 3.8) is 0 Å². The predicted octanol–water partition coefficient (Wildman–Crippen LogP) is 5.73. The predicted molar refractivity (Wildman–Crippen MR) is 100 cm³/mol. The third kappa shape index (κ3) is 6.64. The third-order valence-corrected chi connectivity index (χ3v) is 14.1. The van der Waals surface area contributed by atoms with Crippen LogP contribution in [0.15, 0.2) is 0 Å². The number of carbonyl (C=O) groups excluding carboxylic acids is 1. The van der Waals surface area contributed by atoms with E-state index in [2.05, 4.69) is 67.7 Å². The summed E-state index contributed by atoms with van der Waals surface area (Å²) in [4.78, 5) is 11.4. The molecule has 0 aliphatic carbocycles. The molecule has 0 saturated heterocycles. The molecule has 0 bridgehead atoms. The molecule has 0 amide bonds. The van der Waals surface area contributed by atoms with Crippen LogP contribution in [0.5, 0.6) is 0 Å². The van der Waals surface area contributed by atoms with E-state index in [0.717, 1.165) is 0 Å². The van der Waals surface area contributed by atoms with Crippen LogP contribution in [0.1, 0.15) is 61.3 Å². The first kappa shape index (κ1) is 22.0. The van der Waals surface area contributed by atoms with E-state index in [4.69, 9.17) is 8.85 Å². The molecule has 0 heterocycles. The van der Waals surface area contributed by atoms with Crippen molar-refractivity contribution in [3.05, 3.63) is 0 Å². The number of ketones is 1. The molecule has 0 aliphatic rings. The van der Waals surface area contributed by atoms with Gasteiger partial charge >= 0.3 is 0 Å². The van der Waals surface area contributed by atoms with Crippen molar-refractivity contribution in [2.45, 2.75) is 104 Å². The maximum Gasteiger partial charge on any atom is 0.195 e. The highest BCUT2D eigenvalue weighted by Gasteiger charge is 2.43. The van der Waals surface area contributed by atoms with Crippen molar-refractivity contribution in [1.29, 1.82) is 0 Å². The molecule has 0 aromatic heterocycles. The monoisotopic (exact) mass is 346 g/mol. The van der Waals surface area contributed by atoms with Crippen LogP contribution in [0.25, 0.3) is 0 Å². The van der Waals surface area contributed by atoms with Gasteiger partial charge in [0, 0.05) is 12.8 Å². The minimum Gasteiger partial charge on any atom is -0.393 e. The van der Waals surface area contributed by atoms with Crippen LogP contribution in [0.3, 0.4) is 0 Å². The summed E-state index contributed by atoms with van der Waals surface area (Å²) >= 11 is 0. The second-order valence-corrected chi connectivity index (χ2v) is 18.9. The van der Waals surface area contributed by atoms with E-state index in [-0.39, 0.29) is 22.1 Å². The topological polar surface area (TPSA) is 35.5 Å². The molecule has 0 spiro atoms. The van der Waals surface area contributed by atoms with E-state index in [1.54, 1.807) is 6.92 Å². The van der Waals surface area contributed by atoms with Gasteiger partial charge in [0.25, 0.3) is 0 Å². The molecule has 0 rings (SSSR count). The van der Waals surface area contributed by atoms with Crippen LogP contribution in [-0.2, 0) is 13.6 Å². The average Bonchev–Trinajstić information content (AvgIpc) is 2.21. The van der Waals surface area contributed by atoms with Gasteiger partial charge in [0.2, 0.25) is 0 Å². The van der Waals surface area contributed by atoms with E-state index in [0.29, 0.717) is 12.8 Å². The fourth-order valence-corrected chi connectivity index (χ4v) is 3.92. The maximum absolute atomic E-state index is 11.4. The molecule has 3 nitrogen and oxygen atoms in total. The maximum atomic E-state index is 11.4. The Kier molecular flexibility index (Phi) is 7.29. The normalized spacial score (nSPS) is 14.5. The Morgan fingerprint density at radius 2 is 1.18 bits per heavy atom. The fraction of sp³-hybridized carbons (Fsp3) is 0.941. The minimum absolute atomic E-state index is 0.137. The summed E-state index contributed by atoms with van der Waals surface area (Å²) < 4.78 is 13.0. The standard InChI is InChI=1S/C17H38O3Si2/c1-14(18)12-13-15(19-21(8,9)16(2,3)4)20-22(10,11)17(5,6)7/h15H,12-13H2,1-11H3. The Bertz CT molecular complexity index is 348. The summed E-state index contributed by atoms with van der Waals surface area (Å²) in [6.45, 7) is 24.0. The minimum atomic E-state index is -1.91. The summed E-state index contributed by atoms with van der Waals surface area (Å²) in [6.07, 6.45) is 0.924. The Labute approximate surface area is 140 Å². The van der Waals surface area contributed by atoms with Gasteiger partial charge in [0.15, 0.2) is 16.6 Å². The average molecular weight is 347 g/mol. The molecular weight excluding hydrogens is 308 g/mol. The van der Waals surface area contributed by atoms with E-state index < -0.39 is 16.6 Å². The van der Waals surface area contributed by atoms with Gasteiger partial charge in [0.05, 0.1) is 0 Å². The third-order valence-electron chi connectivity index (χ3n) is 5.20. The Hall–Kier alpha value is 0.0238. The highest BCUT2D eigenvalue weighted by molar-refractivity contribution is 6.75. The molecule has 0 atom stereocenters. The van der Waals surface area contributed by atoms with Crippen molar-refractivity contribution in [2.75, 3.05) is 0 Å². The van der Waals surface area contributed by atoms with E-state index >= 15 is 0 Å². The lowest BCUT2D eigenvalue weighted by molar-refractivity contribution is -0.118. The van der Waals surface area contributed by atoms with Crippen LogP contribution >= 0.6 is 0 Å². The van der Waals surface area contributed by atoms with Crippen molar-refractivity contribution >= 4 is 22.4 Å². The molecule has 0 saturated carbocycles. The summed E-state index contributed by atoms with van der Waals surface area (Å²) in [6, 6.07) is 0. The lowest BCUT2D eigenvalue weighted by atomic mass is 10.2. The van der Waals surface area contributed by atoms with E-state index in [1.807, 2.05) is 0 Å². The molecule has 0 N–H and O–H groups in total. The van der Waals surface area contributed by atoms with Gasteiger partial charge in [0.1, 0.15) is 12.1 Å². The number of hydrogen-bond donors (Lipinski definition) is 0. The van der Waals surface area contributed by atoms with Crippen molar-refractivity contribution in [2.24, 2.45) is 0 Å². The van der Waals surface area contributed by atoms with Gasteiger partial charge in [-0.15, -0.1) is 0 Å². The fourth-order valence-electron chi connectivity index (χ4n) is 1.47. The highest BCUT2D eigenvalue weighted by Crippen LogP contribution is 2.41. The molecule has 0 aromatic rings. The quantitative estimate of drug-likeness (QED) is 0.436. The van der Waals surface area contributed by atoms with Crippen LogP contribution in [-0.4, -0.2) is 28.7 Å². The molecule has 0 radical (unpaired) electrons. The van der Waals surface area contributed by atoms with Crippen LogP contribution in [0, 0.1) is 0 Å². The Morgan fingerprint density at radius 3 is 1.41 bits per heavy atom. The Balaban J connectivity index is 5.19. The lowest BCUT2D eigenvalue weighted by Gasteiger charge is -2.44. The van der Waals surface area contributed by atoms with Crippen molar-refractivity contribution in [1.82, 2.24) is 0 Å². The molecule has 132 valence electrons. The van der Waals surface area contributed by atoms with Crippen LogP contribution in [0.2, 0.25) is 36.3 Å². The molecule has 0 aromatic carbocycles. The molecule has 0 fully saturated rings. The lowest BCUT2D eigenvalue weighted by Crippen LogP contribution is -2.50. The first-order chi connectivity index (χ1) is 9.49. The van der Waals surface area contributed by atoms with Gasteiger partial charge in [-0.25, -0.2) is 0 Å². The first-order valence-corrected chi connectivity index (χ1v) is 14.2. The SMILES string of the molecule is CC(=O)CCC(O[Si](C)(C)C(C)(C)C)O[Si](C)(C)C(C)(C)C. The number of carbonyl (C=O) groups is 1. The van der Waals surface area contributed by atoms with E-state index in [1.165, 1.54) is 0 Å². The zero-order chi connectivity index (χ0) is 18.0. The summed E-state index contributed by atoms with van der Waals surface area (Å²) in [7, 11) is -3.83. The molecule has 22 heavy (non-hydrogen) atoms. The molecule has 0 unspecified atom stereocenters. The second kappa shape index (κ2) is 7.28. The molecule has 0 aliphatic heterocycles.